The molecule has 6 nitrogen and oxygen atoms in total. The van der Waals surface area contributed by atoms with E-state index in [1.807, 2.05) is 24.8 Å². The Hall–Kier alpha value is -2.89. The second-order valence-corrected chi connectivity index (χ2v) is 6.90. The standard InChI is InChI=1S/C21H25N3O3/c1-15(2)27-19-11-10-16(14-22-19)20(25)23-18-9-5-4-8-17(18)21(26)24-12-6-3-7-13-24/h4-5,8-11,14-15H,3,6-7,12-13H2,1-2H3,(H,23,25). The van der Waals surface area contributed by atoms with Crippen LogP contribution in [0, 0.1) is 0 Å². The van der Waals surface area contributed by atoms with Crippen molar-refractivity contribution < 1.29 is 14.3 Å². The van der Waals surface area contributed by atoms with Gasteiger partial charge in [-0.1, -0.05) is 12.1 Å². The first-order chi connectivity index (χ1) is 13.0. The number of rotatable bonds is 5. The number of pyridine rings is 1. The molecule has 27 heavy (non-hydrogen) atoms. The summed E-state index contributed by atoms with van der Waals surface area (Å²) in [6.45, 7) is 5.36. The highest BCUT2D eigenvalue weighted by molar-refractivity contribution is 6.08. The van der Waals surface area contributed by atoms with Crippen LogP contribution in [0.4, 0.5) is 5.69 Å². The molecule has 1 saturated heterocycles. The van der Waals surface area contributed by atoms with Gasteiger partial charge < -0.3 is 15.0 Å². The van der Waals surface area contributed by atoms with E-state index in [9.17, 15) is 9.59 Å². The highest BCUT2D eigenvalue weighted by Gasteiger charge is 2.21. The van der Waals surface area contributed by atoms with Gasteiger partial charge in [0.2, 0.25) is 5.88 Å². The van der Waals surface area contributed by atoms with Gasteiger partial charge in [-0.25, -0.2) is 4.98 Å². The number of ether oxygens (including phenoxy) is 1. The first kappa shape index (κ1) is 18.9. The van der Waals surface area contributed by atoms with Crippen LogP contribution in [0.5, 0.6) is 5.88 Å². The smallest absolute Gasteiger partial charge is 0.257 e. The number of nitrogens with zero attached hydrogens (tertiary/aromatic N) is 2. The maximum Gasteiger partial charge on any atom is 0.257 e. The fourth-order valence-corrected chi connectivity index (χ4v) is 3.07. The topological polar surface area (TPSA) is 71.5 Å². The minimum absolute atomic E-state index is 0.0184. The van der Waals surface area contributed by atoms with E-state index in [4.69, 9.17) is 4.74 Å². The third-order valence-corrected chi connectivity index (χ3v) is 4.40. The van der Waals surface area contributed by atoms with Gasteiger partial charge >= 0.3 is 0 Å². The molecule has 0 bridgehead atoms. The quantitative estimate of drug-likeness (QED) is 0.874. The number of aromatic nitrogens is 1. The summed E-state index contributed by atoms with van der Waals surface area (Å²) < 4.78 is 5.49. The largest absolute Gasteiger partial charge is 0.475 e. The Kier molecular flexibility index (Phi) is 6.06. The Morgan fingerprint density at radius 2 is 1.81 bits per heavy atom. The number of carbonyl (C=O) groups is 2. The molecule has 6 heteroatoms. The third kappa shape index (κ3) is 4.84. The van der Waals surface area contributed by atoms with Crippen LogP contribution in [-0.2, 0) is 0 Å². The lowest BCUT2D eigenvalue weighted by Crippen LogP contribution is -2.36. The van der Waals surface area contributed by atoms with E-state index < -0.39 is 0 Å². The summed E-state index contributed by atoms with van der Waals surface area (Å²) in [5.41, 5.74) is 1.44. The molecule has 0 spiro atoms. The summed E-state index contributed by atoms with van der Waals surface area (Å²) in [6.07, 6.45) is 4.70. The molecule has 3 rings (SSSR count). The highest BCUT2D eigenvalue weighted by atomic mass is 16.5. The molecule has 1 aromatic heterocycles. The molecule has 2 amide bonds. The lowest BCUT2D eigenvalue weighted by Gasteiger charge is -2.27. The molecule has 0 atom stereocenters. The van der Waals surface area contributed by atoms with Crippen LogP contribution in [0.3, 0.4) is 0 Å². The maximum atomic E-state index is 12.8. The zero-order valence-electron chi connectivity index (χ0n) is 15.8. The minimum Gasteiger partial charge on any atom is -0.475 e. The third-order valence-electron chi connectivity index (χ3n) is 4.40. The SMILES string of the molecule is CC(C)Oc1ccc(C(=O)Nc2ccccc2C(=O)N2CCCCC2)cn1. The van der Waals surface area contributed by atoms with E-state index >= 15 is 0 Å². The predicted molar refractivity (Wildman–Crippen MR) is 104 cm³/mol. The average molecular weight is 367 g/mol. The first-order valence-electron chi connectivity index (χ1n) is 9.37. The molecule has 1 N–H and O–H groups in total. The zero-order chi connectivity index (χ0) is 19.2. The van der Waals surface area contributed by atoms with Crippen molar-refractivity contribution >= 4 is 17.5 Å². The van der Waals surface area contributed by atoms with Crippen molar-refractivity contribution in [3.8, 4) is 5.88 Å². The van der Waals surface area contributed by atoms with Crippen molar-refractivity contribution in [2.45, 2.75) is 39.2 Å². The Balaban J connectivity index is 1.73. The molecule has 0 aliphatic carbocycles. The fourth-order valence-electron chi connectivity index (χ4n) is 3.07. The van der Waals surface area contributed by atoms with Crippen molar-refractivity contribution in [3.05, 3.63) is 53.7 Å². The summed E-state index contributed by atoms with van der Waals surface area (Å²) in [5, 5.41) is 2.84. The molecule has 0 radical (unpaired) electrons. The van der Waals surface area contributed by atoms with E-state index in [1.54, 1.807) is 30.3 Å². The Morgan fingerprint density at radius 1 is 1.07 bits per heavy atom. The number of carbonyl (C=O) groups excluding carboxylic acids is 2. The summed E-state index contributed by atoms with van der Waals surface area (Å²) in [7, 11) is 0. The van der Waals surface area contributed by atoms with Gasteiger partial charge in [0, 0.05) is 25.4 Å². The number of hydrogen-bond acceptors (Lipinski definition) is 4. The number of likely N-dealkylation sites (tertiary alicyclic amines) is 1. The molecule has 1 fully saturated rings. The number of amides is 2. The summed E-state index contributed by atoms with van der Waals surface area (Å²) in [6, 6.07) is 10.4. The van der Waals surface area contributed by atoms with E-state index in [-0.39, 0.29) is 17.9 Å². The summed E-state index contributed by atoms with van der Waals surface area (Å²) >= 11 is 0. The Morgan fingerprint density at radius 3 is 2.48 bits per heavy atom. The van der Waals surface area contributed by atoms with E-state index in [0.29, 0.717) is 22.7 Å². The summed E-state index contributed by atoms with van der Waals surface area (Å²) in [4.78, 5) is 31.4. The van der Waals surface area contributed by atoms with E-state index in [1.165, 1.54) is 6.20 Å². The van der Waals surface area contributed by atoms with Crippen LogP contribution < -0.4 is 10.1 Å². The first-order valence-corrected chi connectivity index (χ1v) is 9.37. The number of benzene rings is 1. The Bertz CT molecular complexity index is 797. The zero-order valence-corrected chi connectivity index (χ0v) is 15.8. The highest BCUT2D eigenvalue weighted by Crippen LogP contribution is 2.21. The predicted octanol–water partition coefficient (Wildman–Crippen LogP) is 3.75. The van der Waals surface area contributed by atoms with Crippen LogP contribution >= 0.6 is 0 Å². The second kappa shape index (κ2) is 8.66. The van der Waals surface area contributed by atoms with E-state index in [0.717, 1.165) is 32.4 Å². The molecular weight excluding hydrogens is 342 g/mol. The van der Waals surface area contributed by atoms with Crippen LogP contribution in [0.1, 0.15) is 53.8 Å². The monoisotopic (exact) mass is 367 g/mol. The van der Waals surface area contributed by atoms with Crippen molar-refractivity contribution in [3.63, 3.8) is 0 Å². The van der Waals surface area contributed by atoms with Crippen molar-refractivity contribution in [1.29, 1.82) is 0 Å². The number of hydrogen-bond donors (Lipinski definition) is 1. The number of anilines is 1. The Labute approximate surface area is 159 Å². The van der Waals surface area contributed by atoms with Gasteiger partial charge in [0.05, 0.1) is 22.9 Å². The molecule has 1 aromatic carbocycles. The fraction of sp³-hybridized carbons (Fsp3) is 0.381. The van der Waals surface area contributed by atoms with Gasteiger partial charge in [-0.15, -0.1) is 0 Å². The van der Waals surface area contributed by atoms with Crippen molar-refractivity contribution in [2.24, 2.45) is 0 Å². The van der Waals surface area contributed by atoms with Crippen LogP contribution in [0.15, 0.2) is 42.6 Å². The van der Waals surface area contributed by atoms with Gasteiger partial charge in [0.1, 0.15) is 0 Å². The lowest BCUT2D eigenvalue weighted by molar-refractivity contribution is 0.0725. The summed E-state index contributed by atoms with van der Waals surface area (Å²) in [5.74, 6) is 0.129. The second-order valence-electron chi connectivity index (χ2n) is 6.90. The number of piperidine rings is 1. The van der Waals surface area contributed by atoms with Crippen molar-refractivity contribution in [2.75, 3.05) is 18.4 Å². The normalized spacial score (nSPS) is 14.1. The van der Waals surface area contributed by atoms with Crippen LogP contribution in [-0.4, -0.2) is 40.9 Å². The number of nitrogens with one attached hydrogen (secondary N) is 1. The molecule has 1 aliphatic heterocycles. The maximum absolute atomic E-state index is 12.8. The molecule has 2 aromatic rings. The minimum atomic E-state index is -0.308. The molecule has 1 aliphatic rings. The molecular formula is C21H25N3O3. The van der Waals surface area contributed by atoms with E-state index in [2.05, 4.69) is 10.3 Å². The van der Waals surface area contributed by atoms with Gasteiger partial charge in [-0.05, 0) is 51.3 Å². The lowest BCUT2D eigenvalue weighted by atomic mass is 10.1. The van der Waals surface area contributed by atoms with Gasteiger partial charge in [-0.2, -0.15) is 0 Å². The van der Waals surface area contributed by atoms with Crippen LogP contribution in [0.2, 0.25) is 0 Å². The molecule has 0 unspecified atom stereocenters. The van der Waals surface area contributed by atoms with Gasteiger partial charge in [-0.3, -0.25) is 9.59 Å². The molecule has 142 valence electrons. The average Bonchev–Trinajstić information content (AvgIpc) is 2.68. The molecule has 0 saturated carbocycles. The number of para-hydroxylation sites is 1. The van der Waals surface area contributed by atoms with Gasteiger partial charge in [0.25, 0.3) is 11.8 Å². The van der Waals surface area contributed by atoms with Crippen LogP contribution in [0.25, 0.3) is 0 Å². The molecule has 2 heterocycles. The van der Waals surface area contributed by atoms with Gasteiger partial charge in [0.15, 0.2) is 0 Å². The van der Waals surface area contributed by atoms with Crippen molar-refractivity contribution in [1.82, 2.24) is 9.88 Å².